The first-order valence-electron chi connectivity index (χ1n) is 9.38. The third kappa shape index (κ3) is 4.37. The van der Waals surface area contributed by atoms with Crippen molar-refractivity contribution in [2.75, 3.05) is 6.23 Å². The third-order valence-corrected chi connectivity index (χ3v) is 9.54. The van der Waals surface area contributed by atoms with Crippen LogP contribution < -0.4 is 10.4 Å². The van der Waals surface area contributed by atoms with Gasteiger partial charge in [-0.3, -0.25) is 0 Å². The highest BCUT2D eigenvalue weighted by Crippen LogP contribution is 2.19. The summed E-state index contributed by atoms with van der Waals surface area (Å²) in [5, 5.41) is 2.05. The average Bonchev–Trinajstić information content (AvgIpc) is 2.42. The zero-order valence-corrected chi connectivity index (χ0v) is 19.9. The molecule has 0 heterocycles. The Morgan fingerprint density at radius 3 is 1.27 bits per heavy atom. The minimum Gasteiger partial charge on any atom is -0.404 e. The predicted molar refractivity (Wildman–Crippen MR) is 118 cm³/mol. The van der Waals surface area contributed by atoms with Crippen molar-refractivity contribution < 1.29 is 9.22 Å². The molecule has 0 saturated heterocycles. The van der Waals surface area contributed by atoms with Crippen molar-refractivity contribution in [2.45, 2.75) is 61.2 Å². The maximum atomic E-state index is 12.2. The van der Waals surface area contributed by atoms with Crippen LogP contribution in [0, 0.1) is 41.5 Å². The molecule has 0 unspecified atom stereocenters. The molecule has 0 amide bonds. The zero-order chi connectivity index (χ0) is 19.9. The van der Waals surface area contributed by atoms with E-state index in [-0.39, 0.29) is 0 Å². The Hall–Kier alpha value is -1.21. The van der Waals surface area contributed by atoms with Crippen molar-refractivity contribution in [2.24, 2.45) is 0 Å². The predicted octanol–water partition coefficient (Wildman–Crippen LogP) is 3.98. The van der Waals surface area contributed by atoms with Gasteiger partial charge in [0.15, 0.2) is 0 Å². The van der Waals surface area contributed by atoms with E-state index in [1.54, 1.807) is 0 Å². The highest BCUT2D eigenvalue weighted by atomic mass is 28.4. The van der Waals surface area contributed by atoms with Gasteiger partial charge in [-0.15, -0.1) is 0 Å². The lowest BCUT2D eigenvalue weighted by atomic mass is 10.1. The summed E-state index contributed by atoms with van der Waals surface area (Å²) in [6.07, 6.45) is 0.662. The van der Waals surface area contributed by atoms with Crippen LogP contribution in [0.15, 0.2) is 24.3 Å². The maximum absolute atomic E-state index is 12.2. The largest absolute Gasteiger partial charge is 0.405 e. The van der Waals surface area contributed by atoms with Crippen molar-refractivity contribution in [1.29, 1.82) is 0 Å². The highest BCUT2D eigenvalue weighted by molar-refractivity contribution is 6.93. The molecule has 0 aromatic heterocycles. The Kier molecular flexibility index (Phi) is 6.03. The fraction of sp³-hybridized carbons (Fsp3) is 0.455. The van der Waals surface area contributed by atoms with Crippen LogP contribution in [-0.2, 0) is 4.43 Å². The van der Waals surface area contributed by atoms with Gasteiger partial charge in [0.2, 0.25) is 0 Å². The molecule has 2 rings (SSSR count). The fourth-order valence-electron chi connectivity index (χ4n) is 4.02. The van der Waals surface area contributed by atoms with Crippen LogP contribution in [0.1, 0.15) is 33.4 Å². The number of hydrogen-bond donors (Lipinski definition) is 1. The van der Waals surface area contributed by atoms with Gasteiger partial charge in [0.25, 0.3) is 0 Å². The van der Waals surface area contributed by atoms with Crippen molar-refractivity contribution >= 4 is 27.0 Å². The normalized spacial score (nSPS) is 12.5. The number of rotatable bonds is 5. The van der Waals surface area contributed by atoms with E-state index >= 15 is 0 Å². The van der Waals surface area contributed by atoms with Crippen LogP contribution >= 0.6 is 0 Å². The Bertz CT molecular complexity index is 716. The summed E-state index contributed by atoms with van der Waals surface area (Å²) in [6, 6.07) is 8.65. The molecule has 0 saturated carbocycles. The smallest absolute Gasteiger partial charge is 0.404 e. The standard InChI is InChI=1S/C22H34O2Si2/c1-15-10-17(3)21(18(4)11-15)26(23,24-14-25(7,8)9)22-19(5)12-16(2)13-20(22)6/h10-13,23H,14H2,1-9H3. The topological polar surface area (TPSA) is 29.5 Å². The van der Waals surface area contributed by atoms with Crippen LogP contribution in [0.5, 0.6) is 0 Å². The summed E-state index contributed by atoms with van der Waals surface area (Å²) >= 11 is 0. The molecule has 0 bridgehead atoms. The van der Waals surface area contributed by atoms with Gasteiger partial charge in [0, 0.05) is 16.6 Å². The Morgan fingerprint density at radius 2 is 1.00 bits per heavy atom. The molecule has 4 heteroatoms. The second-order valence-electron chi connectivity index (χ2n) is 9.04. The van der Waals surface area contributed by atoms with E-state index in [2.05, 4.69) is 85.4 Å². The SMILES string of the molecule is Cc1cc(C)c([Si](O)(OC[Si](C)(C)C)c2c(C)cc(C)cc2C)c(C)c1. The molecule has 2 aromatic rings. The molecular formula is C22H34O2Si2. The Balaban J connectivity index is 2.77. The summed E-state index contributed by atoms with van der Waals surface area (Å²) in [4.78, 5) is 12.2. The van der Waals surface area contributed by atoms with Gasteiger partial charge in [0.1, 0.15) is 0 Å². The molecule has 0 atom stereocenters. The van der Waals surface area contributed by atoms with Crippen LogP contribution in [-0.4, -0.2) is 27.7 Å². The van der Waals surface area contributed by atoms with Crippen LogP contribution in [0.25, 0.3) is 0 Å². The molecule has 0 aliphatic rings. The summed E-state index contributed by atoms with van der Waals surface area (Å²) in [5.41, 5.74) is 6.97. The molecular weight excluding hydrogens is 352 g/mol. The molecule has 2 nitrogen and oxygen atoms in total. The lowest BCUT2D eigenvalue weighted by molar-refractivity contribution is 0.296. The maximum Gasteiger partial charge on any atom is 0.405 e. The molecule has 0 fully saturated rings. The quantitative estimate of drug-likeness (QED) is 0.788. The van der Waals surface area contributed by atoms with Gasteiger partial charge in [0.05, 0.1) is 8.07 Å². The second kappa shape index (κ2) is 7.43. The molecule has 142 valence electrons. The molecule has 0 spiro atoms. The van der Waals surface area contributed by atoms with E-state index in [9.17, 15) is 4.80 Å². The van der Waals surface area contributed by atoms with E-state index in [4.69, 9.17) is 4.43 Å². The lowest BCUT2D eigenvalue weighted by Crippen LogP contribution is -2.65. The van der Waals surface area contributed by atoms with E-state index in [1.165, 1.54) is 11.1 Å². The summed E-state index contributed by atoms with van der Waals surface area (Å²) < 4.78 is 6.53. The lowest BCUT2D eigenvalue weighted by Gasteiger charge is -2.33. The Labute approximate surface area is 161 Å². The van der Waals surface area contributed by atoms with Gasteiger partial charge < -0.3 is 9.22 Å². The highest BCUT2D eigenvalue weighted by Gasteiger charge is 2.44. The number of aryl methyl sites for hydroxylation is 6. The van der Waals surface area contributed by atoms with Crippen molar-refractivity contribution in [1.82, 2.24) is 0 Å². The van der Waals surface area contributed by atoms with Crippen LogP contribution in [0.2, 0.25) is 19.6 Å². The number of benzene rings is 2. The van der Waals surface area contributed by atoms with Crippen LogP contribution in [0.3, 0.4) is 0 Å². The van der Waals surface area contributed by atoms with Crippen molar-refractivity contribution in [3.8, 4) is 0 Å². The first-order valence-corrected chi connectivity index (χ1v) is 14.9. The van der Waals surface area contributed by atoms with Gasteiger partial charge in [-0.05, 0) is 63.8 Å². The van der Waals surface area contributed by atoms with E-state index in [0.29, 0.717) is 6.23 Å². The first kappa shape index (κ1) is 21.1. The monoisotopic (exact) mass is 386 g/mol. The Morgan fingerprint density at radius 1 is 0.692 bits per heavy atom. The molecule has 0 radical (unpaired) electrons. The first-order chi connectivity index (χ1) is 11.8. The van der Waals surface area contributed by atoms with Crippen molar-refractivity contribution in [3.63, 3.8) is 0 Å². The van der Waals surface area contributed by atoms with Gasteiger partial charge in [-0.25, -0.2) is 0 Å². The third-order valence-electron chi connectivity index (χ3n) is 4.75. The summed E-state index contributed by atoms with van der Waals surface area (Å²) in [7, 11) is -4.77. The zero-order valence-electron chi connectivity index (χ0n) is 17.9. The second-order valence-corrected chi connectivity index (χ2v) is 17.0. The average molecular weight is 387 g/mol. The van der Waals surface area contributed by atoms with Gasteiger partial charge in [-0.1, -0.05) is 55.0 Å². The molecule has 1 N–H and O–H groups in total. The molecule has 0 aliphatic heterocycles. The minimum atomic E-state index is -3.30. The number of hydrogen-bond acceptors (Lipinski definition) is 2. The minimum absolute atomic E-state index is 0.662. The summed E-state index contributed by atoms with van der Waals surface area (Å²) in [5.74, 6) is 0. The van der Waals surface area contributed by atoms with E-state index < -0.39 is 16.6 Å². The van der Waals surface area contributed by atoms with Gasteiger partial charge in [-0.2, -0.15) is 0 Å². The van der Waals surface area contributed by atoms with Crippen LogP contribution in [0.4, 0.5) is 0 Å². The summed E-state index contributed by atoms with van der Waals surface area (Å²) in [6.45, 7) is 19.5. The molecule has 0 aliphatic carbocycles. The van der Waals surface area contributed by atoms with E-state index in [0.717, 1.165) is 32.6 Å². The van der Waals surface area contributed by atoms with E-state index in [1.807, 2.05) is 0 Å². The molecule has 26 heavy (non-hydrogen) atoms. The van der Waals surface area contributed by atoms with Gasteiger partial charge >= 0.3 is 8.56 Å². The fourth-order valence-corrected chi connectivity index (χ4v) is 9.55. The molecule has 2 aromatic carbocycles. The van der Waals surface area contributed by atoms with Crippen molar-refractivity contribution in [3.05, 3.63) is 57.6 Å².